The van der Waals surface area contributed by atoms with E-state index in [1.807, 2.05) is 31.2 Å². The van der Waals surface area contributed by atoms with Crippen molar-refractivity contribution in [2.75, 3.05) is 6.61 Å². The molecule has 0 aliphatic rings. The van der Waals surface area contributed by atoms with Crippen LogP contribution in [0.25, 0.3) is 0 Å². The van der Waals surface area contributed by atoms with E-state index >= 15 is 0 Å². The van der Waals surface area contributed by atoms with Crippen molar-refractivity contribution in [1.82, 2.24) is 0 Å². The van der Waals surface area contributed by atoms with E-state index in [0.717, 1.165) is 29.9 Å². The quantitative estimate of drug-likeness (QED) is 0.557. The third-order valence-corrected chi connectivity index (χ3v) is 6.11. The fraction of sp³-hybridized carbons (Fsp3) is 0.533. The highest BCUT2D eigenvalue weighted by atomic mass is 28.3. The van der Waals surface area contributed by atoms with Gasteiger partial charge < -0.3 is 4.43 Å². The van der Waals surface area contributed by atoms with Gasteiger partial charge in [0, 0.05) is 12.2 Å². The van der Waals surface area contributed by atoms with Crippen LogP contribution in [0.15, 0.2) is 24.3 Å². The Labute approximate surface area is 112 Å². The molecule has 18 heavy (non-hydrogen) atoms. The SMILES string of the molecule is CCCC(C)(C)[Si](OCC)c1ccccc1C=O. The molecule has 99 valence electrons. The van der Waals surface area contributed by atoms with Crippen LogP contribution in [0.4, 0.5) is 0 Å². The second-order valence-corrected chi connectivity index (χ2v) is 7.94. The zero-order chi connectivity index (χ0) is 13.6. The fourth-order valence-corrected chi connectivity index (χ4v) is 5.02. The topological polar surface area (TPSA) is 26.3 Å². The summed E-state index contributed by atoms with van der Waals surface area (Å²) in [4.78, 5) is 11.2. The smallest absolute Gasteiger partial charge is 0.253 e. The Morgan fingerprint density at radius 3 is 2.50 bits per heavy atom. The molecule has 3 heteroatoms. The third-order valence-electron chi connectivity index (χ3n) is 3.11. The van der Waals surface area contributed by atoms with Crippen molar-refractivity contribution in [1.29, 1.82) is 0 Å². The summed E-state index contributed by atoms with van der Waals surface area (Å²) in [7, 11) is -1.18. The Bertz CT molecular complexity index is 388. The predicted octanol–water partition coefficient (Wildman–Crippen LogP) is 3.31. The van der Waals surface area contributed by atoms with E-state index in [1.165, 1.54) is 0 Å². The highest BCUT2D eigenvalue weighted by molar-refractivity contribution is 6.71. The maximum Gasteiger partial charge on any atom is 0.253 e. The minimum atomic E-state index is -1.18. The van der Waals surface area contributed by atoms with Crippen molar-refractivity contribution in [3.8, 4) is 0 Å². The Balaban J connectivity index is 3.14. The average molecular weight is 263 g/mol. The molecule has 0 heterocycles. The van der Waals surface area contributed by atoms with Crippen molar-refractivity contribution in [3.63, 3.8) is 0 Å². The van der Waals surface area contributed by atoms with E-state index in [1.54, 1.807) is 0 Å². The number of carbonyl (C=O) groups is 1. The molecule has 0 bridgehead atoms. The van der Waals surface area contributed by atoms with E-state index in [-0.39, 0.29) is 5.04 Å². The van der Waals surface area contributed by atoms with Gasteiger partial charge in [-0.25, -0.2) is 0 Å². The molecule has 1 aromatic carbocycles. The van der Waals surface area contributed by atoms with Crippen LogP contribution in [-0.4, -0.2) is 21.9 Å². The predicted molar refractivity (Wildman–Crippen MR) is 77.8 cm³/mol. The largest absolute Gasteiger partial charge is 0.411 e. The van der Waals surface area contributed by atoms with Crippen LogP contribution in [0.5, 0.6) is 0 Å². The minimum absolute atomic E-state index is 0.133. The number of carbonyl (C=O) groups excluding carboxylic acids is 1. The zero-order valence-electron chi connectivity index (χ0n) is 11.8. The van der Waals surface area contributed by atoms with Crippen molar-refractivity contribution < 1.29 is 9.22 Å². The molecule has 1 radical (unpaired) electrons. The molecule has 1 rings (SSSR count). The summed E-state index contributed by atoms with van der Waals surface area (Å²) in [6, 6.07) is 7.83. The maximum atomic E-state index is 11.2. The molecule has 0 spiro atoms. The van der Waals surface area contributed by atoms with Crippen LogP contribution in [-0.2, 0) is 4.43 Å². The summed E-state index contributed by atoms with van der Waals surface area (Å²) in [6.07, 6.45) is 3.20. The second kappa shape index (κ2) is 6.85. The average Bonchev–Trinajstić information content (AvgIpc) is 2.35. The summed E-state index contributed by atoms with van der Waals surface area (Å²) >= 11 is 0. The lowest BCUT2D eigenvalue weighted by atomic mass is 10.1. The Morgan fingerprint density at radius 2 is 1.94 bits per heavy atom. The highest BCUT2D eigenvalue weighted by Crippen LogP contribution is 2.34. The first kappa shape index (κ1) is 15.1. The first-order valence-corrected chi connectivity index (χ1v) is 8.02. The zero-order valence-corrected chi connectivity index (χ0v) is 12.8. The van der Waals surface area contributed by atoms with Crippen LogP contribution in [0, 0.1) is 0 Å². The molecule has 0 amide bonds. The number of hydrogen-bond donors (Lipinski definition) is 0. The van der Waals surface area contributed by atoms with Crippen LogP contribution < -0.4 is 5.19 Å². The summed E-state index contributed by atoms with van der Waals surface area (Å²) in [5, 5.41) is 1.24. The number of hydrogen-bond acceptors (Lipinski definition) is 2. The molecule has 1 aromatic rings. The second-order valence-electron chi connectivity index (χ2n) is 5.10. The molecular weight excluding hydrogens is 240 g/mol. The standard InChI is InChI=1S/C15H23O2Si/c1-5-11-15(3,4)18(17-6-2)14-10-8-7-9-13(14)12-16/h7-10,12H,5-6,11H2,1-4H3. The van der Waals surface area contributed by atoms with Crippen molar-refractivity contribution in [2.45, 2.75) is 45.6 Å². The van der Waals surface area contributed by atoms with Crippen LogP contribution in [0.2, 0.25) is 5.04 Å². The van der Waals surface area contributed by atoms with Crippen molar-refractivity contribution >= 4 is 20.5 Å². The molecule has 0 fully saturated rings. The summed E-state index contributed by atoms with van der Waals surface area (Å²) < 4.78 is 6.03. The molecule has 0 saturated heterocycles. The number of aldehydes is 1. The van der Waals surface area contributed by atoms with Gasteiger partial charge in [-0.1, -0.05) is 51.5 Å². The lowest BCUT2D eigenvalue weighted by Crippen LogP contribution is -2.44. The van der Waals surface area contributed by atoms with Crippen molar-refractivity contribution in [2.24, 2.45) is 0 Å². The van der Waals surface area contributed by atoms with Crippen LogP contribution >= 0.6 is 0 Å². The van der Waals surface area contributed by atoms with Gasteiger partial charge in [-0.2, -0.15) is 0 Å². The van der Waals surface area contributed by atoms with Gasteiger partial charge in [0.2, 0.25) is 0 Å². The molecule has 0 saturated carbocycles. The van der Waals surface area contributed by atoms with E-state index in [0.29, 0.717) is 6.61 Å². The van der Waals surface area contributed by atoms with Gasteiger partial charge in [-0.15, -0.1) is 0 Å². The van der Waals surface area contributed by atoms with Gasteiger partial charge >= 0.3 is 0 Å². The lowest BCUT2D eigenvalue weighted by molar-refractivity contribution is 0.112. The molecule has 0 aliphatic heterocycles. The highest BCUT2D eigenvalue weighted by Gasteiger charge is 2.35. The first-order chi connectivity index (χ1) is 8.56. The normalized spacial score (nSPS) is 11.8. The molecular formula is C15H23O2Si. The van der Waals surface area contributed by atoms with E-state index in [2.05, 4.69) is 20.8 Å². The molecule has 0 unspecified atom stereocenters. The fourth-order valence-electron chi connectivity index (χ4n) is 2.33. The van der Waals surface area contributed by atoms with Crippen molar-refractivity contribution in [3.05, 3.63) is 29.8 Å². The molecule has 0 aliphatic carbocycles. The molecule has 2 nitrogen and oxygen atoms in total. The number of rotatable bonds is 7. The molecule has 0 atom stereocenters. The Kier molecular flexibility index (Phi) is 5.76. The van der Waals surface area contributed by atoms with Gasteiger partial charge in [-0.05, 0) is 23.6 Å². The minimum Gasteiger partial charge on any atom is -0.411 e. The maximum absolute atomic E-state index is 11.2. The third kappa shape index (κ3) is 3.53. The van der Waals surface area contributed by atoms with Gasteiger partial charge in [0.1, 0.15) is 6.29 Å². The monoisotopic (exact) mass is 263 g/mol. The van der Waals surface area contributed by atoms with Gasteiger partial charge in [0.15, 0.2) is 0 Å². The van der Waals surface area contributed by atoms with E-state index in [9.17, 15) is 4.79 Å². The van der Waals surface area contributed by atoms with Gasteiger partial charge in [0.25, 0.3) is 9.04 Å². The summed E-state index contributed by atoms with van der Waals surface area (Å²) in [5.41, 5.74) is 0.781. The van der Waals surface area contributed by atoms with E-state index < -0.39 is 9.04 Å². The van der Waals surface area contributed by atoms with Crippen LogP contribution in [0.3, 0.4) is 0 Å². The van der Waals surface area contributed by atoms with Crippen LogP contribution in [0.1, 0.15) is 50.9 Å². The first-order valence-electron chi connectivity index (χ1n) is 6.61. The number of benzene rings is 1. The van der Waals surface area contributed by atoms with Gasteiger partial charge in [-0.3, -0.25) is 4.79 Å². The Hall–Kier alpha value is -0.933. The molecule has 0 aromatic heterocycles. The lowest BCUT2D eigenvalue weighted by Gasteiger charge is -2.32. The summed E-state index contributed by atoms with van der Waals surface area (Å²) in [6.45, 7) is 9.42. The Morgan fingerprint density at radius 1 is 1.28 bits per heavy atom. The van der Waals surface area contributed by atoms with E-state index in [4.69, 9.17) is 4.43 Å². The van der Waals surface area contributed by atoms with Gasteiger partial charge in [0.05, 0.1) is 0 Å². The molecule has 0 N–H and O–H groups in total. The summed E-state index contributed by atoms with van der Waals surface area (Å²) in [5.74, 6) is 0.